The fraction of sp³-hybridized carbons (Fsp3) is 0.581. The molecule has 0 bridgehead atoms. The average Bonchev–Trinajstić information content (AvgIpc) is 3.07. The minimum absolute atomic E-state index is 0.00434. The van der Waals surface area contributed by atoms with Crippen molar-refractivity contribution in [1.82, 2.24) is 30.8 Å². The molecule has 1 fully saturated rings. The van der Waals surface area contributed by atoms with Crippen LogP contribution in [-0.2, 0) is 29.8 Å². The molecule has 4 atom stereocenters. The van der Waals surface area contributed by atoms with Crippen molar-refractivity contribution in [3.63, 3.8) is 0 Å². The lowest BCUT2D eigenvalue weighted by molar-refractivity contribution is -0.123. The number of amides is 3. The lowest BCUT2D eigenvalue weighted by atomic mass is 9.73. The maximum atomic E-state index is 13.8. The fourth-order valence-corrected chi connectivity index (χ4v) is 6.30. The van der Waals surface area contributed by atoms with Gasteiger partial charge in [0.05, 0.1) is 12.1 Å². The van der Waals surface area contributed by atoms with Gasteiger partial charge in [0.25, 0.3) is 5.91 Å². The largest absolute Gasteiger partial charge is 0.480 e. The van der Waals surface area contributed by atoms with Gasteiger partial charge in [-0.05, 0) is 56.7 Å². The second-order valence-electron chi connectivity index (χ2n) is 12.3. The van der Waals surface area contributed by atoms with Gasteiger partial charge in [0.15, 0.2) is 5.52 Å². The summed E-state index contributed by atoms with van der Waals surface area (Å²) in [6.07, 6.45) is 7.03. The van der Waals surface area contributed by atoms with E-state index in [-0.39, 0.29) is 30.5 Å². The molecule has 0 aliphatic carbocycles. The highest BCUT2D eigenvalue weighted by molar-refractivity contribution is 7.63. The van der Waals surface area contributed by atoms with Gasteiger partial charge in [-0.2, -0.15) is 0 Å². The van der Waals surface area contributed by atoms with Crippen molar-refractivity contribution >= 4 is 41.4 Å². The number of hydrogen-bond acceptors (Lipinski definition) is 11. The number of aromatic nitrogens is 2. The number of ether oxygens (including phenoxy) is 1. The second kappa shape index (κ2) is 22.0. The van der Waals surface area contributed by atoms with Crippen molar-refractivity contribution in [2.24, 2.45) is 5.92 Å². The van der Waals surface area contributed by atoms with Crippen LogP contribution >= 0.6 is 16.4 Å². The number of carbonyl (C=O) groups excluding carboxylic acids is 3. The Morgan fingerprint density at radius 3 is 2.28 bits per heavy atom. The van der Waals surface area contributed by atoms with E-state index in [1.165, 1.54) is 18.6 Å². The molecule has 16 nitrogen and oxygen atoms in total. The van der Waals surface area contributed by atoms with Crippen LogP contribution in [0.15, 0.2) is 48.9 Å². The summed E-state index contributed by atoms with van der Waals surface area (Å²) >= 11 is 0. The van der Waals surface area contributed by atoms with E-state index < -0.39 is 53.0 Å². The Morgan fingerprint density at radius 2 is 1.70 bits per heavy atom. The highest BCUT2D eigenvalue weighted by Gasteiger charge is 2.35. The molecule has 1 aliphatic rings. The van der Waals surface area contributed by atoms with Crippen molar-refractivity contribution in [2.45, 2.75) is 69.9 Å². The van der Waals surface area contributed by atoms with Crippen LogP contribution in [0.3, 0.4) is 0 Å². The van der Waals surface area contributed by atoms with Crippen LogP contribution < -0.4 is 16.0 Å². The van der Waals surface area contributed by atoms with Gasteiger partial charge >= 0.3 is 20.8 Å². The van der Waals surface area contributed by atoms with Gasteiger partial charge in [0, 0.05) is 47.4 Å². The molecule has 3 rings (SSSR count). The molecule has 1 aliphatic heterocycles. The molecule has 276 valence electrons. The van der Waals surface area contributed by atoms with E-state index in [2.05, 4.69) is 39.3 Å². The van der Waals surface area contributed by atoms with Crippen molar-refractivity contribution in [3.05, 3.63) is 60.2 Å². The first kappa shape index (κ1) is 41.4. The highest BCUT2D eigenvalue weighted by atomic mass is 31.2. The quantitative estimate of drug-likeness (QED) is 0.114. The first-order chi connectivity index (χ1) is 24.0. The third-order valence-electron chi connectivity index (χ3n) is 7.74. The number of nitrogens with zero attached hydrogens (tertiary/aromatic N) is 3. The molecule has 2 unspecified atom stereocenters. The lowest BCUT2D eigenvalue weighted by Gasteiger charge is -2.29. The van der Waals surface area contributed by atoms with Crippen LogP contribution in [0.4, 0.5) is 4.79 Å². The van der Waals surface area contributed by atoms with Gasteiger partial charge in [0.1, 0.15) is 18.3 Å². The molecule has 1 saturated heterocycles. The van der Waals surface area contributed by atoms with Crippen LogP contribution in [0, 0.1) is 5.92 Å². The number of benzene rings is 1. The highest BCUT2D eigenvalue weighted by Crippen LogP contribution is 2.46. The zero-order chi connectivity index (χ0) is 36.4. The Bertz CT molecular complexity index is 1350. The van der Waals surface area contributed by atoms with E-state index in [0.29, 0.717) is 52.1 Å². The van der Waals surface area contributed by atoms with Gasteiger partial charge in [0.2, 0.25) is 5.91 Å². The zero-order valence-corrected chi connectivity index (χ0v) is 30.4. The van der Waals surface area contributed by atoms with Crippen molar-refractivity contribution < 1.29 is 47.7 Å². The van der Waals surface area contributed by atoms with Gasteiger partial charge in [-0.3, -0.25) is 24.0 Å². The zero-order valence-electron chi connectivity index (χ0n) is 28.5. The molecular weight excluding hydrogens is 689 g/mol. The van der Waals surface area contributed by atoms with E-state index in [1.807, 2.05) is 35.6 Å². The Hall–Kier alpha value is -3.01. The second-order valence-corrected chi connectivity index (χ2v) is 15.3. The van der Waals surface area contributed by atoms with Gasteiger partial charge in [-0.1, -0.05) is 44.2 Å². The summed E-state index contributed by atoms with van der Waals surface area (Å²) in [5, 5.41) is 7.95. The fourth-order valence-electron chi connectivity index (χ4n) is 5.24. The molecule has 0 radical (unpaired) electrons. The van der Waals surface area contributed by atoms with Gasteiger partial charge < -0.3 is 44.7 Å². The molecule has 0 spiro atoms. The summed E-state index contributed by atoms with van der Waals surface area (Å²) in [5.74, 6) is -1.14. The van der Waals surface area contributed by atoms with E-state index in [0.717, 1.165) is 18.4 Å². The monoisotopic (exact) mass is 738 g/mol. The van der Waals surface area contributed by atoms with E-state index in [9.17, 15) is 28.7 Å². The summed E-state index contributed by atoms with van der Waals surface area (Å²) in [5.41, 5.74) is -0.708. The molecule has 2 aromatic rings. The Labute approximate surface area is 295 Å². The smallest absolute Gasteiger partial charge is 0.448 e. The minimum Gasteiger partial charge on any atom is -0.448 e. The average molecular weight is 739 g/mol. The summed E-state index contributed by atoms with van der Waals surface area (Å²) in [4.78, 5) is 76.5. The number of rotatable bonds is 15. The normalized spacial score (nSPS) is 17.3. The molecule has 19 heteroatoms. The number of hydrogen-bond donors (Lipinski definition) is 6. The maximum Gasteiger partial charge on any atom is 0.480 e. The van der Waals surface area contributed by atoms with Crippen LogP contribution in [0.25, 0.3) is 0 Å². The van der Waals surface area contributed by atoms with Crippen molar-refractivity contribution in [2.75, 3.05) is 39.5 Å². The molecule has 6 N–H and O–H groups in total. The SMILES string of the molecule is CC(C)C[C@@H](NC(=O)[C@@H](Cc1ccccc1)NC(=O)c1cnccn1)B1OCCCCN(CCOC(=O)NC(PO)P(=O)(O)O)CCCCO1. The van der Waals surface area contributed by atoms with E-state index in [4.69, 9.17) is 18.9 Å². The predicted molar refractivity (Wildman–Crippen MR) is 188 cm³/mol. The maximum absolute atomic E-state index is 13.8. The number of carbonyl (C=O) groups is 3. The van der Waals surface area contributed by atoms with Gasteiger partial charge in [-0.25, -0.2) is 9.78 Å². The van der Waals surface area contributed by atoms with Crippen molar-refractivity contribution in [1.29, 1.82) is 0 Å². The summed E-state index contributed by atoms with van der Waals surface area (Å²) in [6.45, 7) is 6.70. The number of alkyl carbamates (subject to hydrolysis) is 1. The van der Waals surface area contributed by atoms with Gasteiger partial charge in [-0.15, -0.1) is 0 Å². The first-order valence-corrected chi connectivity index (χ1v) is 19.4. The molecule has 50 heavy (non-hydrogen) atoms. The molecule has 3 amide bonds. The summed E-state index contributed by atoms with van der Waals surface area (Å²) in [7, 11) is -6.57. The molecule has 1 aromatic carbocycles. The standard InChI is InChI=1S/C31H49BN6O10P2/c1-23(2)20-27(36-28(39)25(21-24-10-4-3-5-11-24)35-29(40)26-22-33-12-13-34-26)32-47-17-8-6-14-38(15-7-9-18-48-32)16-19-46-30(41)37-31(49-42)50(43,44)45/h3-5,10-13,22-23,25,27,31,42,49H,6-9,14-21H2,1-2H3,(H,35,40)(H,36,39)(H,37,41)(H2,43,44,45)/t25-,27-,31?/m1/s1. The minimum atomic E-state index is -4.70. The van der Waals surface area contributed by atoms with E-state index in [1.54, 1.807) is 0 Å². The molecular formula is C31H49BN6O10P2. The Morgan fingerprint density at radius 1 is 1.02 bits per heavy atom. The Kier molecular flexibility index (Phi) is 18.3. The van der Waals surface area contributed by atoms with Crippen LogP contribution in [0.5, 0.6) is 0 Å². The number of nitrogens with one attached hydrogen (secondary N) is 3. The molecule has 2 heterocycles. The summed E-state index contributed by atoms with van der Waals surface area (Å²) in [6, 6.07) is 8.54. The molecule has 1 aromatic heterocycles. The predicted octanol–water partition coefficient (Wildman–Crippen LogP) is 2.06. The third kappa shape index (κ3) is 15.5. The Balaban J connectivity index is 1.58. The van der Waals surface area contributed by atoms with Crippen LogP contribution in [-0.4, -0.2) is 112 Å². The third-order valence-corrected chi connectivity index (χ3v) is 10.3. The first-order valence-electron chi connectivity index (χ1n) is 16.7. The van der Waals surface area contributed by atoms with E-state index >= 15 is 0 Å². The molecule has 0 saturated carbocycles. The lowest BCUT2D eigenvalue weighted by Crippen LogP contribution is -2.56. The van der Waals surface area contributed by atoms with Crippen molar-refractivity contribution in [3.8, 4) is 0 Å². The topological polar surface area (TPSA) is 222 Å². The van der Waals surface area contributed by atoms with Crippen LogP contribution in [0.2, 0.25) is 0 Å². The van der Waals surface area contributed by atoms with Crippen LogP contribution in [0.1, 0.15) is 62.0 Å². The summed E-state index contributed by atoms with van der Waals surface area (Å²) < 4.78 is 28.9.